The second-order valence-electron chi connectivity index (χ2n) is 7.65. The second-order valence-corrected chi connectivity index (χ2v) is 8.67. The quantitative estimate of drug-likeness (QED) is 0.453. The maximum Gasteiger partial charge on any atom is 0.341 e. The summed E-state index contributed by atoms with van der Waals surface area (Å²) in [5, 5.41) is 2.79. The maximum absolute atomic E-state index is 13.1. The Kier molecular flexibility index (Phi) is 7.51. The third-order valence-electron chi connectivity index (χ3n) is 5.70. The Hall–Kier alpha value is -3.53. The van der Waals surface area contributed by atoms with Crippen LogP contribution in [0.25, 0.3) is 0 Å². The summed E-state index contributed by atoms with van der Waals surface area (Å²) in [5.74, 6) is -2.71. The molecule has 0 spiro atoms. The molecule has 1 unspecified atom stereocenters. The molecule has 0 bridgehead atoms. The van der Waals surface area contributed by atoms with Crippen LogP contribution in [0.2, 0.25) is 0 Å². The van der Waals surface area contributed by atoms with E-state index in [1.54, 1.807) is 30.9 Å². The predicted octanol–water partition coefficient (Wildman–Crippen LogP) is 3.34. The molecule has 2 heterocycles. The molecule has 0 fully saturated rings. The van der Waals surface area contributed by atoms with E-state index in [1.165, 1.54) is 19.1 Å². The predicted molar refractivity (Wildman–Crippen MR) is 127 cm³/mol. The van der Waals surface area contributed by atoms with Crippen LogP contribution in [0.15, 0.2) is 24.3 Å². The first-order valence-corrected chi connectivity index (χ1v) is 11.9. The highest BCUT2D eigenvalue weighted by Gasteiger charge is 2.41. The van der Waals surface area contributed by atoms with Gasteiger partial charge in [-0.25, -0.2) is 4.79 Å². The van der Waals surface area contributed by atoms with Gasteiger partial charge in [-0.05, 0) is 52.3 Å². The number of hydrogen-bond acceptors (Lipinski definition) is 7. The van der Waals surface area contributed by atoms with Crippen molar-refractivity contribution in [3.63, 3.8) is 0 Å². The molecule has 3 rings (SSSR count). The standard InChI is InChI=1S/C24H27N3O6S/c1-6-26(7-2)23(31)18-13(4)17(24(32)33-8-3)20(34-18)25-19(28)14(5)27-21(29)15-11-9-10-12-16(15)22(27)30/h9-12,14H,6-8H2,1-5H3,(H,25,28). The van der Waals surface area contributed by atoms with E-state index < -0.39 is 29.7 Å². The fourth-order valence-corrected chi connectivity index (χ4v) is 4.97. The molecular formula is C24H27N3O6S. The number of thiophene rings is 1. The minimum absolute atomic E-state index is 0.0882. The molecule has 10 heteroatoms. The van der Waals surface area contributed by atoms with E-state index >= 15 is 0 Å². The van der Waals surface area contributed by atoms with Crippen molar-refractivity contribution in [1.82, 2.24) is 9.80 Å². The number of esters is 1. The van der Waals surface area contributed by atoms with Crippen molar-refractivity contribution in [1.29, 1.82) is 0 Å². The van der Waals surface area contributed by atoms with Gasteiger partial charge in [-0.2, -0.15) is 0 Å². The van der Waals surface area contributed by atoms with Crippen molar-refractivity contribution in [2.75, 3.05) is 25.0 Å². The number of ether oxygens (including phenoxy) is 1. The van der Waals surface area contributed by atoms with E-state index in [2.05, 4.69) is 5.32 Å². The van der Waals surface area contributed by atoms with Gasteiger partial charge in [0, 0.05) is 13.1 Å². The highest BCUT2D eigenvalue weighted by molar-refractivity contribution is 7.18. The van der Waals surface area contributed by atoms with Crippen LogP contribution in [0.1, 0.15) is 74.0 Å². The number of anilines is 1. The minimum atomic E-state index is -1.15. The minimum Gasteiger partial charge on any atom is -0.462 e. The zero-order valence-corrected chi connectivity index (χ0v) is 20.6. The molecule has 34 heavy (non-hydrogen) atoms. The molecule has 1 aromatic heterocycles. The Balaban J connectivity index is 1.93. The Morgan fingerprint density at radius 1 is 1.06 bits per heavy atom. The molecule has 4 amide bonds. The number of benzene rings is 1. The summed E-state index contributed by atoms with van der Waals surface area (Å²) >= 11 is 0.972. The number of fused-ring (bicyclic) bond motifs is 1. The molecular weight excluding hydrogens is 458 g/mol. The van der Waals surface area contributed by atoms with Crippen LogP contribution in [-0.2, 0) is 9.53 Å². The molecule has 180 valence electrons. The summed E-state index contributed by atoms with van der Waals surface area (Å²) in [7, 11) is 0. The van der Waals surface area contributed by atoms with Gasteiger partial charge < -0.3 is 15.0 Å². The number of carbonyl (C=O) groups excluding carboxylic acids is 5. The fourth-order valence-electron chi connectivity index (χ4n) is 3.80. The topological polar surface area (TPSA) is 113 Å². The molecule has 1 aromatic carbocycles. The summed E-state index contributed by atoms with van der Waals surface area (Å²) < 4.78 is 5.15. The average molecular weight is 486 g/mol. The van der Waals surface area contributed by atoms with Crippen molar-refractivity contribution in [2.45, 2.75) is 40.7 Å². The smallest absolute Gasteiger partial charge is 0.341 e. The monoisotopic (exact) mass is 485 g/mol. The molecule has 1 atom stereocenters. The Morgan fingerprint density at radius 2 is 1.62 bits per heavy atom. The summed E-state index contributed by atoms with van der Waals surface area (Å²) in [6.07, 6.45) is 0. The van der Waals surface area contributed by atoms with Crippen LogP contribution in [0.4, 0.5) is 5.00 Å². The highest BCUT2D eigenvalue weighted by atomic mass is 32.1. The molecule has 1 aliphatic heterocycles. The highest BCUT2D eigenvalue weighted by Crippen LogP contribution is 2.35. The Morgan fingerprint density at radius 3 is 2.12 bits per heavy atom. The van der Waals surface area contributed by atoms with Gasteiger partial charge in [0.05, 0.1) is 28.2 Å². The van der Waals surface area contributed by atoms with Crippen molar-refractivity contribution >= 4 is 45.9 Å². The van der Waals surface area contributed by atoms with Crippen molar-refractivity contribution in [2.24, 2.45) is 0 Å². The zero-order chi connectivity index (χ0) is 25.2. The van der Waals surface area contributed by atoms with Crippen molar-refractivity contribution < 1.29 is 28.7 Å². The number of nitrogens with zero attached hydrogens (tertiary/aromatic N) is 2. The van der Waals surface area contributed by atoms with Crippen LogP contribution in [0, 0.1) is 6.92 Å². The molecule has 0 saturated carbocycles. The number of rotatable bonds is 8. The molecule has 1 N–H and O–H groups in total. The Bertz CT molecular complexity index is 1130. The molecule has 0 radical (unpaired) electrons. The van der Waals surface area contributed by atoms with Gasteiger partial charge in [0.2, 0.25) is 5.91 Å². The molecule has 1 aliphatic rings. The lowest BCUT2D eigenvalue weighted by atomic mass is 10.1. The largest absolute Gasteiger partial charge is 0.462 e. The van der Waals surface area contributed by atoms with Crippen LogP contribution in [0.3, 0.4) is 0 Å². The van der Waals surface area contributed by atoms with Gasteiger partial charge in [0.25, 0.3) is 17.7 Å². The third kappa shape index (κ3) is 4.33. The SMILES string of the molecule is CCOC(=O)c1c(NC(=O)C(C)N2C(=O)c3ccccc3C2=O)sc(C(=O)N(CC)CC)c1C. The lowest BCUT2D eigenvalue weighted by Gasteiger charge is -2.21. The third-order valence-corrected chi connectivity index (χ3v) is 6.90. The van der Waals surface area contributed by atoms with E-state index in [1.807, 2.05) is 13.8 Å². The molecule has 2 aromatic rings. The molecule has 0 saturated heterocycles. The van der Waals surface area contributed by atoms with Gasteiger partial charge in [-0.3, -0.25) is 24.1 Å². The van der Waals surface area contributed by atoms with Crippen LogP contribution < -0.4 is 5.32 Å². The zero-order valence-electron chi connectivity index (χ0n) is 19.8. The molecule has 9 nitrogen and oxygen atoms in total. The van der Waals surface area contributed by atoms with E-state index in [4.69, 9.17) is 4.74 Å². The first-order valence-electron chi connectivity index (χ1n) is 11.0. The number of carbonyl (C=O) groups is 5. The molecule has 0 aliphatic carbocycles. The van der Waals surface area contributed by atoms with Crippen molar-refractivity contribution in [3.05, 3.63) is 51.4 Å². The fraction of sp³-hybridized carbons (Fsp3) is 0.375. The number of imide groups is 1. The van der Waals surface area contributed by atoms with Gasteiger partial charge in [0.1, 0.15) is 11.0 Å². The summed E-state index contributed by atoms with van der Waals surface area (Å²) in [6.45, 7) is 9.51. The normalized spacial score (nSPS) is 13.5. The number of nitrogens with one attached hydrogen (secondary N) is 1. The average Bonchev–Trinajstić information content (AvgIpc) is 3.27. The van der Waals surface area contributed by atoms with E-state index in [0.29, 0.717) is 23.5 Å². The van der Waals surface area contributed by atoms with Gasteiger partial charge in [-0.1, -0.05) is 12.1 Å². The van der Waals surface area contributed by atoms with Gasteiger partial charge >= 0.3 is 5.97 Å². The van der Waals surface area contributed by atoms with E-state index in [9.17, 15) is 24.0 Å². The van der Waals surface area contributed by atoms with Crippen LogP contribution in [-0.4, -0.2) is 65.1 Å². The first kappa shape index (κ1) is 25.1. The lowest BCUT2D eigenvalue weighted by Crippen LogP contribution is -2.45. The second kappa shape index (κ2) is 10.2. The number of amides is 4. The van der Waals surface area contributed by atoms with E-state index in [-0.39, 0.29) is 34.2 Å². The number of hydrogen-bond donors (Lipinski definition) is 1. The summed E-state index contributed by atoms with van der Waals surface area (Å²) in [5.41, 5.74) is 0.964. The lowest BCUT2D eigenvalue weighted by molar-refractivity contribution is -0.119. The summed E-state index contributed by atoms with van der Waals surface area (Å²) in [6, 6.07) is 5.21. The maximum atomic E-state index is 13.1. The first-order chi connectivity index (χ1) is 16.2. The van der Waals surface area contributed by atoms with Gasteiger partial charge in [-0.15, -0.1) is 11.3 Å². The van der Waals surface area contributed by atoms with Crippen LogP contribution >= 0.6 is 11.3 Å². The van der Waals surface area contributed by atoms with Crippen molar-refractivity contribution in [3.8, 4) is 0 Å². The summed E-state index contributed by atoms with van der Waals surface area (Å²) in [4.78, 5) is 67.1. The van der Waals surface area contributed by atoms with E-state index in [0.717, 1.165) is 16.2 Å². The van der Waals surface area contributed by atoms with Crippen LogP contribution in [0.5, 0.6) is 0 Å². The van der Waals surface area contributed by atoms with Gasteiger partial charge in [0.15, 0.2) is 0 Å². The Labute approximate surface area is 201 Å².